The number of aliphatic hydroxyl groups excluding tert-OH is 1. The van der Waals surface area contributed by atoms with Gasteiger partial charge < -0.3 is 10.2 Å². The first-order chi connectivity index (χ1) is 6.50. The van der Waals surface area contributed by atoms with Gasteiger partial charge in [0.05, 0.1) is 5.60 Å². The zero-order chi connectivity index (χ0) is 10.6. The van der Waals surface area contributed by atoms with Crippen molar-refractivity contribution in [2.75, 3.05) is 0 Å². The third-order valence-electron chi connectivity index (χ3n) is 1.99. The normalized spacial score (nSPS) is 14.6. The van der Waals surface area contributed by atoms with E-state index in [2.05, 4.69) is 0 Å². The molecule has 0 aliphatic heterocycles. The lowest BCUT2D eigenvalue weighted by atomic mass is 10.0. The van der Waals surface area contributed by atoms with Crippen LogP contribution in [0.2, 0.25) is 0 Å². The molecule has 0 aromatic heterocycles. The van der Waals surface area contributed by atoms with Crippen molar-refractivity contribution in [2.24, 2.45) is 0 Å². The summed E-state index contributed by atoms with van der Waals surface area (Å²) in [5, 5.41) is 19.0. The monoisotopic (exact) mass is 192 g/mol. The molecule has 2 nitrogen and oxygen atoms in total. The molecule has 0 saturated carbocycles. The first kappa shape index (κ1) is 11.0. The zero-order valence-electron chi connectivity index (χ0n) is 8.51. The van der Waals surface area contributed by atoms with E-state index in [0.29, 0.717) is 0 Å². The summed E-state index contributed by atoms with van der Waals surface area (Å²) in [5.41, 5.74) is -0.0820. The van der Waals surface area contributed by atoms with E-state index in [-0.39, 0.29) is 0 Å². The van der Waals surface area contributed by atoms with E-state index < -0.39 is 11.7 Å². The van der Waals surface area contributed by atoms with Crippen LogP contribution in [-0.4, -0.2) is 21.9 Å². The van der Waals surface area contributed by atoms with E-state index >= 15 is 0 Å². The van der Waals surface area contributed by atoms with Crippen molar-refractivity contribution in [3.05, 3.63) is 42.0 Å². The standard InChI is InChI=1S/C12H16O2/c1-12(2,14)11(13)9-8-10-6-4-3-5-7-10/h3-9,11,13-14H,1-2H3/b9-8+. The number of rotatable bonds is 3. The predicted molar refractivity (Wildman–Crippen MR) is 57.8 cm³/mol. The minimum Gasteiger partial charge on any atom is -0.387 e. The van der Waals surface area contributed by atoms with E-state index in [1.807, 2.05) is 30.3 Å². The highest BCUT2D eigenvalue weighted by Crippen LogP contribution is 2.11. The average molecular weight is 192 g/mol. The van der Waals surface area contributed by atoms with Crippen molar-refractivity contribution >= 4 is 6.08 Å². The summed E-state index contributed by atoms with van der Waals surface area (Å²) in [6.45, 7) is 3.15. The second kappa shape index (κ2) is 4.40. The van der Waals surface area contributed by atoms with Gasteiger partial charge in [-0.15, -0.1) is 0 Å². The van der Waals surface area contributed by atoms with Gasteiger partial charge in [-0.1, -0.05) is 42.5 Å². The highest BCUT2D eigenvalue weighted by atomic mass is 16.3. The maximum Gasteiger partial charge on any atom is 0.101 e. The Hall–Kier alpha value is -1.12. The fourth-order valence-electron chi connectivity index (χ4n) is 1.00. The first-order valence-corrected chi connectivity index (χ1v) is 4.64. The summed E-state index contributed by atoms with van der Waals surface area (Å²) in [5.74, 6) is 0. The second-order valence-electron chi connectivity index (χ2n) is 3.87. The Bertz CT molecular complexity index is 296. The molecule has 0 fully saturated rings. The van der Waals surface area contributed by atoms with Crippen LogP contribution in [0, 0.1) is 0 Å². The zero-order valence-corrected chi connectivity index (χ0v) is 8.51. The summed E-state index contributed by atoms with van der Waals surface area (Å²) < 4.78 is 0. The van der Waals surface area contributed by atoms with Gasteiger partial charge in [-0.25, -0.2) is 0 Å². The van der Waals surface area contributed by atoms with Crippen molar-refractivity contribution in [1.29, 1.82) is 0 Å². The molecule has 0 heterocycles. The lowest BCUT2D eigenvalue weighted by Gasteiger charge is -2.21. The molecule has 0 saturated heterocycles. The van der Waals surface area contributed by atoms with Gasteiger partial charge in [0.15, 0.2) is 0 Å². The van der Waals surface area contributed by atoms with Gasteiger partial charge in [-0.3, -0.25) is 0 Å². The van der Waals surface area contributed by atoms with E-state index in [0.717, 1.165) is 5.56 Å². The summed E-state index contributed by atoms with van der Waals surface area (Å²) in [6, 6.07) is 9.66. The molecule has 0 aliphatic rings. The molecule has 0 aliphatic carbocycles. The molecule has 0 bridgehead atoms. The number of benzene rings is 1. The van der Waals surface area contributed by atoms with Gasteiger partial charge in [0.2, 0.25) is 0 Å². The van der Waals surface area contributed by atoms with Crippen LogP contribution in [0.25, 0.3) is 6.08 Å². The topological polar surface area (TPSA) is 40.5 Å². The Morgan fingerprint density at radius 3 is 2.29 bits per heavy atom. The van der Waals surface area contributed by atoms with Gasteiger partial charge in [0, 0.05) is 0 Å². The van der Waals surface area contributed by atoms with Gasteiger partial charge in [-0.2, -0.15) is 0 Å². The minimum atomic E-state index is -1.09. The Morgan fingerprint density at radius 1 is 1.21 bits per heavy atom. The second-order valence-corrected chi connectivity index (χ2v) is 3.87. The number of aliphatic hydroxyl groups is 2. The van der Waals surface area contributed by atoms with Crippen LogP contribution in [0.3, 0.4) is 0 Å². The summed E-state index contributed by atoms with van der Waals surface area (Å²) in [6.07, 6.45) is 2.54. The Morgan fingerprint density at radius 2 is 1.79 bits per heavy atom. The van der Waals surface area contributed by atoms with Crippen molar-refractivity contribution in [3.63, 3.8) is 0 Å². The largest absolute Gasteiger partial charge is 0.387 e. The molecule has 1 aromatic rings. The van der Waals surface area contributed by atoms with Crippen LogP contribution in [-0.2, 0) is 0 Å². The molecule has 1 rings (SSSR count). The molecule has 76 valence electrons. The van der Waals surface area contributed by atoms with E-state index in [1.165, 1.54) is 0 Å². The lowest BCUT2D eigenvalue weighted by molar-refractivity contribution is -0.0222. The molecule has 1 aromatic carbocycles. The maximum atomic E-state index is 9.51. The summed E-state index contributed by atoms with van der Waals surface area (Å²) in [4.78, 5) is 0. The van der Waals surface area contributed by atoms with Gasteiger partial charge in [0.25, 0.3) is 0 Å². The third-order valence-corrected chi connectivity index (χ3v) is 1.99. The van der Waals surface area contributed by atoms with Crippen LogP contribution < -0.4 is 0 Å². The van der Waals surface area contributed by atoms with E-state index in [4.69, 9.17) is 0 Å². The van der Waals surface area contributed by atoms with Crippen LogP contribution in [0.1, 0.15) is 19.4 Å². The lowest BCUT2D eigenvalue weighted by Crippen LogP contribution is -2.33. The van der Waals surface area contributed by atoms with Gasteiger partial charge >= 0.3 is 0 Å². The molecular weight excluding hydrogens is 176 g/mol. The predicted octanol–water partition coefficient (Wildman–Crippen LogP) is 1.83. The molecule has 0 spiro atoms. The molecule has 2 heteroatoms. The fraction of sp³-hybridized carbons (Fsp3) is 0.333. The van der Waals surface area contributed by atoms with E-state index in [1.54, 1.807) is 26.0 Å². The Labute approximate surface area is 84.5 Å². The molecule has 1 atom stereocenters. The van der Waals surface area contributed by atoms with Gasteiger partial charge in [0.1, 0.15) is 6.10 Å². The summed E-state index contributed by atoms with van der Waals surface area (Å²) >= 11 is 0. The highest BCUT2D eigenvalue weighted by molar-refractivity contribution is 5.49. The first-order valence-electron chi connectivity index (χ1n) is 4.64. The van der Waals surface area contributed by atoms with Crippen LogP contribution in [0.15, 0.2) is 36.4 Å². The quantitative estimate of drug-likeness (QED) is 0.767. The van der Waals surface area contributed by atoms with Crippen molar-refractivity contribution in [1.82, 2.24) is 0 Å². The SMILES string of the molecule is CC(C)(O)C(O)/C=C/c1ccccc1. The number of hydrogen-bond acceptors (Lipinski definition) is 2. The fourth-order valence-corrected chi connectivity index (χ4v) is 1.00. The summed E-state index contributed by atoms with van der Waals surface area (Å²) in [7, 11) is 0. The van der Waals surface area contributed by atoms with Crippen LogP contribution >= 0.6 is 0 Å². The smallest absolute Gasteiger partial charge is 0.101 e. The van der Waals surface area contributed by atoms with Crippen molar-refractivity contribution in [2.45, 2.75) is 25.6 Å². The third kappa shape index (κ3) is 3.32. The van der Waals surface area contributed by atoms with Gasteiger partial charge in [-0.05, 0) is 19.4 Å². The van der Waals surface area contributed by atoms with Crippen LogP contribution in [0.4, 0.5) is 0 Å². The van der Waals surface area contributed by atoms with Crippen LogP contribution in [0.5, 0.6) is 0 Å². The number of hydrogen-bond donors (Lipinski definition) is 2. The molecule has 1 unspecified atom stereocenters. The molecule has 2 N–H and O–H groups in total. The van der Waals surface area contributed by atoms with E-state index in [9.17, 15) is 10.2 Å². The molecule has 0 radical (unpaired) electrons. The average Bonchev–Trinajstić information content (AvgIpc) is 2.14. The Balaban J connectivity index is 2.66. The maximum absolute atomic E-state index is 9.51. The minimum absolute atomic E-state index is 0.845. The highest BCUT2D eigenvalue weighted by Gasteiger charge is 2.21. The molecule has 0 amide bonds. The molecule has 14 heavy (non-hydrogen) atoms. The molecular formula is C12H16O2. The van der Waals surface area contributed by atoms with Crippen molar-refractivity contribution < 1.29 is 10.2 Å². The Kier molecular flexibility index (Phi) is 3.44. The van der Waals surface area contributed by atoms with Crippen molar-refractivity contribution in [3.8, 4) is 0 Å².